The average molecular weight is 471 g/mol. The van der Waals surface area contributed by atoms with Gasteiger partial charge in [-0.2, -0.15) is 0 Å². The van der Waals surface area contributed by atoms with Gasteiger partial charge in [0.25, 0.3) is 0 Å². The van der Waals surface area contributed by atoms with Crippen molar-refractivity contribution < 1.29 is 14.7 Å². The minimum atomic E-state index is 0.243. The van der Waals surface area contributed by atoms with Gasteiger partial charge in [0, 0.05) is 0 Å². The summed E-state index contributed by atoms with van der Waals surface area (Å²) >= 11 is 0. The molecule has 0 atom stereocenters. The summed E-state index contributed by atoms with van der Waals surface area (Å²) in [6.07, 6.45) is 24.5. The predicted octanol–water partition coefficient (Wildman–Crippen LogP) is 8.12. The molecule has 0 aromatic heterocycles. The molecule has 0 radical (unpaired) electrons. The van der Waals surface area contributed by atoms with Crippen LogP contribution in [0.15, 0.2) is 0 Å². The van der Waals surface area contributed by atoms with Crippen LogP contribution >= 0.6 is 0 Å². The highest BCUT2D eigenvalue weighted by molar-refractivity contribution is 4.54. The summed E-state index contributed by atoms with van der Waals surface area (Å²) in [5.41, 5.74) is 0. The summed E-state index contributed by atoms with van der Waals surface area (Å²) in [7, 11) is 0. The molecule has 0 bridgehead atoms. The molecule has 2 N–H and O–H groups in total. The van der Waals surface area contributed by atoms with Crippen molar-refractivity contribution >= 4 is 0 Å². The van der Waals surface area contributed by atoms with E-state index in [-0.39, 0.29) is 13.2 Å². The van der Waals surface area contributed by atoms with Crippen LogP contribution in [0.1, 0.15) is 143 Å². The van der Waals surface area contributed by atoms with Gasteiger partial charge in [-0.1, -0.05) is 118 Å². The number of quaternary nitrogens is 1. The van der Waals surface area contributed by atoms with E-state index in [1.807, 2.05) is 0 Å². The second kappa shape index (κ2) is 23.6. The fourth-order valence-corrected chi connectivity index (χ4v) is 5.22. The molecular weight excluding hydrogens is 406 g/mol. The van der Waals surface area contributed by atoms with Gasteiger partial charge in [-0.05, 0) is 37.5 Å². The topological polar surface area (TPSA) is 40.5 Å². The highest BCUT2D eigenvalue weighted by Crippen LogP contribution is 2.17. The van der Waals surface area contributed by atoms with Gasteiger partial charge in [-0.3, -0.25) is 0 Å². The van der Waals surface area contributed by atoms with E-state index in [1.54, 1.807) is 0 Å². The van der Waals surface area contributed by atoms with Crippen LogP contribution in [0.4, 0.5) is 0 Å². The molecule has 0 heterocycles. The van der Waals surface area contributed by atoms with Crippen molar-refractivity contribution in [2.75, 3.05) is 39.4 Å². The first-order valence-corrected chi connectivity index (χ1v) is 15.0. The zero-order chi connectivity index (χ0) is 24.6. The van der Waals surface area contributed by atoms with Crippen molar-refractivity contribution in [3.63, 3.8) is 0 Å². The van der Waals surface area contributed by atoms with Crippen LogP contribution in [0.5, 0.6) is 0 Å². The predicted molar refractivity (Wildman–Crippen MR) is 147 cm³/mol. The molecule has 0 aliphatic rings. The standard InChI is InChI=1S/C30H64NO2/c1-29(2)21-17-13-9-5-7-11-15-19-23-31(25-27-32,26-28-33)24-20-16-12-8-6-10-14-18-22-30(3)4/h29-30,32-33H,5-28H2,1-4H3/q+1. The SMILES string of the molecule is CC(C)CCCCCCCCCC[N+](CCO)(CCO)CCCCCCCCCCC(C)C. The zero-order valence-corrected chi connectivity index (χ0v) is 23.5. The van der Waals surface area contributed by atoms with Crippen LogP contribution in [0, 0.1) is 11.8 Å². The van der Waals surface area contributed by atoms with E-state index in [0.717, 1.165) is 42.5 Å². The highest BCUT2D eigenvalue weighted by atomic mass is 16.3. The summed E-state index contributed by atoms with van der Waals surface area (Å²) in [4.78, 5) is 0. The Kier molecular flexibility index (Phi) is 23.5. The number of rotatable bonds is 26. The van der Waals surface area contributed by atoms with Crippen molar-refractivity contribution in [3.05, 3.63) is 0 Å². The van der Waals surface area contributed by atoms with E-state index in [2.05, 4.69) is 27.7 Å². The minimum absolute atomic E-state index is 0.243. The Morgan fingerprint density at radius 3 is 0.939 bits per heavy atom. The second-order valence-electron chi connectivity index (χ2n) is 11.7. The molecule has 0 saturated heterocycles. The number of unbranched alkanes of at least 4 members (excludes halogenated alkanes) is 14. The Morgan fingerprint density at radius 1 is 0.394 bits per heavy atom. The summed E-state index contributed by atoms with van der Waals surface area (Å²) in [6.45, 7) is 13.7. The third kappa shape index (κ3) is 22.1. The van der Waals surface area contributed by atoms with Gasteiger partial charge in [0.05, 0.1) is 26.3 Å². The smallest absolute Gasteiger partial charge is 0.102 e. The maximum Gasteiger partial charge on any atom is 0.102 e. The van der Waals surface area contributed by atoms with E-state index in [1.165, 1.54) is 116 Å². The number of aliphatic hydroxyl groups excluding tert-OH is 2. The Labute approximate surface area is 209 Å². The molecule has 0 fully saturated rings. The summed E-state index contributed by atoms with van der Waals surface area (Å²) in [5, 5.41) is 19.4. The molecule has 0 aromatic carbocycles. The summed E-state index contributed by atoms with van der Waals surface area (Å²) in [5.74, 6) is 1.70. The number of aliphatic hydroxyl groups is 2. The molecule has 0 rings (SSSR count). The van der Waals surface area contributed by atoms with E-state index < -0.39 is 0 Å². The number of hydrogen-bond donors (Lipinski definition) is 2. The van der Waals surface area contributed by atoms with Crippen LogP contribution in [0.25, 0.3) is 0 Å². The van der Waals surface area contributed by atoms with Crippen molar-refractivity contribution in [2.24, 2.45) is 11.8 Å². The van der Waals surface area contributed by atoms with Gasteiger partial charge in [0.15, 0.2) is 0 Å². The molecule has 200 valence electrons. The quantitative estimate of drug-likeness (QED) is 0.0989. The Hall–Kier alpha value is -0.120. The lowest BCUT2D eigenvalue weighted by Gasteiger charge is -2.38. The summed E-state index contributed by atoms with van der Waals surface area (Å²) < 4.78 is 0.928. The van der Waals surface area contributed by atoms with Gasteiger partial charge < -0.3 is 14.7 Å². The van der Waals surface area contributed by atoms with Gasteiger partial charge >= 0.3 is 0 Å². The normalized spacial score (nSPS) is 12.4. The molecule has 0 aliphatic heterocycles. The lowest BCUT2D eigenvalue weighted by atomic mass is 10.0. The van der Waals surface area contributed by atoms with Crippen LogP contribution in [0.2, 0.25) is 0 Å². The molecule has 3 nitrogen and oxygen atoms in total. The van der Waals surface area contributed by atoms with Crippen LogP contribution < -0.4 is 0 Å². The first-order valence-electron chi connectivity index (χ1n) is 15.0. The molecule has 3 heteroatoms. The minimum Gasteiger partial charge on any atom is -0.391 e. The molecule has 0 unspecified atom stereocenters. The Balaban J connectivity index is 3.92. The molecule has 0 aliphatic carbocycles. The van der Waals surface area contributed by atoms with E-state index in [9.17, 15) is 10.2 Å². The van der Waals surface area contributed by atoms with Crippen molar-refractivity contribution in [3.8, 4) is 0 Å². The van der Waals surface area contributed by atoms with Gasteiger partial charge in [-0.25, -0.2) is 0 Å². The highest BCUT2D eigenvalue weighted by Gasteiger charge is 2.25. The van der Waals surface area contributed by atoms with Gasteiger partial charge in [0.1, 0.15) is 13.1 Å². The van der Waals surface area contributed by atoms with Crippen LogP contribution in [0.3, 0.4) is 0 Å². The maximum absolute atomic E-state index is 9.69. The lowest BCUT2D eigenvalue weighted by Crippen LogP contribution is -2.52. The fraction of sp³-hybridized carbons (Fsp3) is 1.00. The molecule has 0 aromatic rings. The third-order valence-corrected chi connectivity index (χ3v) is 7.48. The summed E-state index contributed by atoms with van der Waals surface area (Å²) in [6, 6.07) is 0. The maximum atomic E-state index is 9.69. The van der Waals surface area contributed by atoms with E-state index in [0.29, 0.717) is 0 Å². The lowest BCUT2D eigenvalue weighted by molar-refractivity contribution is -0.929. The van der Waals surface area contributed by atoms with E-state index >= 15 is 0 Å². The second-order valence-corrected chi connectivity index (χ2v) is 11.7. The van der Waals surface area contributed by atoms with Crippen molar-refractivity contribution in [2.45, 2.75) is 143 Å². The molecule has 33 heavy (non-hydrogen) atoms. The van der Waals surface area contributed by atoms with Crippen molar-refractivity contribution in [1.82, 2.24) is 0 Å². The fourth-order valence-electron chi connectivity index (χ4n) is 5.22. The van der Waals surface area contributed by atoms with E-state index in [4.69, 9.17) is 0 Å². The monoisotopic (exact) mass is 470 g/mol. The largest absolute Gasteiger partial charge is 0.391 e. The van der Waals surface area contributed by atoms with Crippen LogP contribution in [-0.2, 0) is 0 Å². The number of nitrogens with zero attached hydrogens (tertiary/aromatic N) is 1. The van der Waals surface area contributed by atoms with Gasteiger partial charge in [-0.15, -0.1) is 0 Å². The molecule has 0 spiro atoms. The zero-order valence-electron chi connectivity index (χ0n) is 23.5. The first kappa shape index (κ1) is 32.9. The Bertz CT molecular complexity index is 347. The van der Waals surface area contributed by atoms with Crippen LogP contribution in [-0.4, -0.2) is 54.1 Å². The first-order chi connectivity index (χ1) is 16.0. The van der Waals surface area contributed by atoms with Gasteiger partial charge in [0.2, 0.25) is 0 Å². The van der Waals surface area contributed by atoms with Crippen molar-refractivity contribution in [1.29, 1.82) is 0 Å². The third-order valence-electron chi connectivity index (χ3n) is 7.48. The average Bonchev–Trinajstić information content (AvgIpc) is 2.76. The molecule has 0 saturated carbocycles. The Morgan fingerprint density at radius 2 is 0.667 bits per heavy atom. The molecule has 0 amide bonds. The number of hydrogen-bond acceptors (Lipinski definition) is 2. The molecular formula is C30H64NO2+.